The summed E-state index contributed by atoms with van der Waals surface area (Å²) in [6, 6.07) is 25.0. The number of β-amino-alcohol motifs (C(OH)–C–C–N with tert-alkyl or cyclic N) is 1. The van der Waals surface area contributed by atoms with Crippen molar-refractivity contribution < 1.29 is 9.84 Å². The average Bonchev–Trinajstić information content (AvgIpc) is 3.25. The summed E-state index contributed by atoms with van der Waals surface area (Å²) in [6.45, 7) is 6.37. The zero-order valence-electron chi connectivity index (χ0n) is 19.3. The molecule has 0 saturated carbocycles. The fourth-order valence-electron chi connectivity index (χ4n) is 4.80. The maximum absolute atomic E-state index is 11.3. The fourth-order valence-corrected chi connectivity index (χ4v) is 4.80. The summed E-state index contributed by atoms with van der Waals surface area (Å²) < 4.78 is 7.72. The summed E-state index contributed by atoms with van der Waals surface area (Å²) >= 11 is 0. The molecule has 1 unspecified atom stereocenters. The van der Waals surface area contributed by atoms with E-state index in [2.05, 4.69) is 82.1 Å². The van der Waals surface area contributed by atoms with Crippen LogP contribution in [-0.4, -0.2) is 54.4 Å². The molecule has 5 nitrogen and oxygen atoms in total. The van der Waals surface area contributed by atoms with Gasteiger partial charge in [0.15, 0.2) is 0 Å². The highest BCUT2D eigenvalue weighted by molar-refractivity contribution is 5.86. The van der Waals surface area contributed by atoms with Crippen LogP contribution in [0.2, 0.25) is 0 Å². The van der Waals surface area contributed by atoms with Crippen LogP contribution < -0.4 is 9.64 Å². The van der Waals surface area contributed by atoms with E-state index < -0.39 is 6.10 Å². The zero-order chi connectivity index (χ0) is 22.8. The lowest BCUT2D eigenvalue weighted by molar-refractivity contribution is 0.110. The molecule has 5 heteroatoms. The van der Waals surface area contributed by atoms with Crippen molar-refractivity contribution >= 4 is 16.6 Å². The quantitative estimate of drug-likeness (QED) is 0.467. The Morgan fingerprint density at radius 2 is 1.58 bits per heavy atom. The lowest BCUT2D eigenvalue weighted by Crippen LogP contribution is -2.47. The van der Waals surface area contributed by atoms with Gasteiger partial charge in [-0.15, -0.1) is 0 Å². The largest absolute Gasteiger partial charge is 0.495 e. The van der Waals surface area contributed by atoms with E-state index in [1.807, 2.05) is 18.2 Å². The molecule has 1 N–H and O–H groups in total. The molecule has 0 aliphatic carbocycles. The number of para-hydroxylation sites is 3. The third-order valence-corrected chi connectivity index (χ3v) is 6.64. The van der Waals surface area contributed by atoms with E-state index >= 15 is 0 Å². The molecular formula is C28H31N3O2. The molecule has 33 heavy (non-hydrogen) atoms. The molecule has 3 aromatic carbocycles. The molecule has 4 aromatic rings. The molecule has 2 heterocycles. The predicted molar refractivity (Wildman–Crippen MR) is 135 cm³/mol. The van der Waals surface area contributed by atoms with Crippen LogP contribution in [0.4, 0.5) is 5.69 Å². The first kappa shape index (κ1) is 21.6. The van der Waals surface area contributed by atoms with Crippen LogP contribution in [-0.2, 0) is 0 Å². The van der Waals surface area contributed by atoms with E-state index in [4.69, 9.17) is 4.74 Å². The highest BCUT2D eigenvalue weighted by Crippen LogP contribution is 2.31. The second-order valence-electron chi connectivity index (χ2n) is 8.78. The maximum Gasteiger partial charge on any atom is 0.142 e. The van der Waals surface area contributed by atoms with Gasteiger partial charge in [-0.1, -0.05) is 48.0 Å². The first-order valence-electron chi connectivity index (χ1n) is 11.6. The molecule has 1 aliphatic rings. The number of aromatic nitrogens is 1. The summed E-state index contributed by atoms with van der Waals surface area (Å²) in [5, 5.41) is 12.4. The Hall–Kier alpha value is -3.28. The van der Waals surface area contributed by atoms with Gasteiger partial charge in [0, 0.05) is 55.6 Å². The number of ether oxygens (including phenoxy) is 1. The summed E-state index contributed by atoms with van der Waals surface area (Å²) in [7, 11) is 1.72. The Morgan fingerprint density at radius 1 is 0.879 bits per heavy atom. The van der Waals surface area contributed by atoms with Crippen molar-refractivity contribution in [2.75, 3.05) is 44.7 Å². The van der Waals surface area contributed by atoms with Gasteiger partial charge in [-0.3, -0.25) is 4.90 Å². The van der Waals surface area contributed by atoms with E-state index in [-0.39, 0.29) is 0 Å². The number of hydrogen-bond acceptors (Lipinski definition) is 4. The Morgan fingerprint density at radius 3 is 2.33 bits per heavy atom. The molecule has 1 fully saturated rings. The van der Waals surface area contributed by atoms with Crippen LogP contribution in [0.5, 0.6) is 5.75 Å². The molecule has 5 rings (SSSR count). The second-order valence-corrected chi connectivity index (χ2v) is 8.78. The zero-order valence-corrected chi connectivity index (χ0v) is 19.3. The molecule has 0 spiro atoms. The van der Waals surface area contributed by atoms with Crippen molar-refractivity contribution in [2.24, 2.45) is 0 Å². The minimum Gasteiger partial charge on any atom is -0.495 e. The molecular weight excluding hydrogens is 410 g/mol. The van der Waals surface area contributed by atoms with Crippen LogP contribution in [0.1, 0.15) is 17.2 Å². The minimum absolute atomic E-state index is 0.542. The van der Waals surface area contributed by atoms with Crippen LogP contribution in [0.3, 0.4) is 0 Å². The topological polar surface area (TPSA) is 40.9 Å². The number of fused-ring (bicyclic) bond motifs is 1. The standard InChI is InChI=1S/C28H31N3O2/c1-21-11-13-22(14-12-21)31-19-24(23-7-3-4-8-25(23)31)27(32)20-29-15-17-30(18-16-29)26-9-5-6-10-28(26)33-2/h3-14,19,27,32H,15-18,20H2,1-2H3. The second kappa shape index (κ2) is 9.30. The van der Waals surface area contributed by atoms with Crippen LogP contribution in [0.25, 0.3) is 16.6 Å². The number of methoxy groups -OCH3 is 1. The summed E-state index contributed by atoms with van der Waals surface area (Å²) in [5.41, 5.74) is 5.60. The summed E-state index contributed by atoms with van der Waals surface area (Å²) in [6.07, 6.45) is 1.56. The van der Waals surface area contributed by atoms with Crippen molar-refractivity contribution in [2.45, 2.75) is 13.0 Å². The molecule has 1 saturated heterocycles. The number of benzene rings is 3. The first-order chi connectivity index (χ1) is 16.1. The smallest absolute Gasteiger partial charge is 0.142 e. The molecule has 1 aliphatic heterocycles. The monoisotopic (exact) mass is 441 g/mol. The van der Waals surface area contributed by atoms with Gasteiger partial charge in [-0.05, 0) is 37.3 Å². The van der Waals surface area contributed by atoms with Gasteiger partial charge in [-0.25, -0.2) is 0 Å². The minimum atomic E-state index is -0.542. The number of anilines is 1. The van der Waals surface area contributed by atoms with E-state index in [0.717, 1.165) is 59.8 Å². The van der Waals surface area contributed by atoms with E-state index in [1.165, 1.54) is 5.56 Å². The number of hydrogen-bond donors (Lipinski definition) is 1. The molecule has 1 atom stereocenters. The Labute approximate surface area is 195 Å². The van der Waals surface area contributed by atoms with Crippen LogP contribution in [0.15, 0.2) is 79.0 Å². The van der Waals surface area contributed by atoms with Gasteiger partial charge in [0.25, 0.3) is 0 Å². The molecule has 0 amide bonds. The fraction of sp³-hybridized carbons (Fsp3) is 0.286. The van der Waals surface area contributed by atoms with Crippen LogP contribution >= 0.6 is 0 Å². The summed E-state index contributed by atoms with van der Waals surface area (Å²) in [5.74, 6) is 0.912. The number of aryl methyl sites for hydroxylation is 1. The Balaban J connectivity index is 1.32. The van der Waals surface area contributed by atoms with Gasteiger partial charge >= 0.3 is 0 Å². The van der Waals surface area contributed by atoms with Crippen molar-refractivity contribution in [3.8, 4) is 11.4 Å². The number of aliphatic hydroxyl groups is 1. The number of piperazine rings is 1. The normalized spacial score (nSPS) is 15.7. The van der Waals surface area contributed by atoms with E-state index in [9.17, 15) is 5.11 Å². The lowest BCUT2D eigenvalue weighted by atomic mass is 10.1. The Kier molecular flexibility index (Phi) is 6.07. The van der Waals surface area contributed by atoms with Gasteiger partial charge in [0.2, 0.25) is 0 Å². The van der Waals surface area contributed by atoms with Gasteiger partial charge in [0.05, 0.1) is 24.4 Å². The van der Waals surface area contributed by atoms with Gasteiger partial charge in [0.1, 0.15) is 5.75 Å². The average molecular weight is 442 g/mol. The summed E-state index contributed by atoms with van der Waals surface area (Å²) in [4.78, 5) is 4.72. The maximum atomic E-state index is 11.3. The number of nitrogens with zero attached hydrogens (tertiary/aromatic N) is 3. The molecule has 0 bridgehead atoms. The lowest BCUT2D eigenvalue weighted by Gasteiger charge is -2.37. The third-order valence-electron chi connectivity index (χ3n) is 6.64. The van der Waals surface area contributed by atoms with E-state index in [0.29, 0.717) is 6.54 Å². The molecule has 170 valence electrons. The van der Waals surface area contributed by atoms with Crippen molar-refractivity contribution in [3.05, 3.63) is 90.1 Å². The van der Waals surface area contributed by atoms with Crippen molar-refractivity contribution in [1.82, 2.24) is 9.47 Å². The van der Waals surface area contributed by atoms with Crippen molar-refractivity contribution in [1.29, 1.82) is 0 Å². The Bertz CT molecular complexity index is 1220. The SMILES string of the molecule is COc1ccccc1N1CCN(CC(O)c2cn(-c3ccc(C)cc3)c3ccccc23)CC1. The molecule has 1 aromatic heterocycles. The molecule has 0 radical (unpaired) electrons. The number of rotatable bonds is 6. The number of aliphatic hydroxyl groups excluding tert-OH is 1. The first-order valence-corrected chi connectivity index (χ1v) is 11.6. The predicted octanol–water partition coefficient (Wildman–Crippen LogP) is 4.80. The van der Waals surface area contributed by atoms with Crippen molar-refractivity contribution in [3.63, 3.8) is 0 Å². The highest BCUT2D eigenvalue weighted by atomic mass is 16.5. The van der Waals surface area contributed by atoms with Gasteiger partial charge in [-0.2, -0.15) is 0 Å². The third kappa shape index (κ3) is 4.34. The van der Waals surface area contributed by atoms with Crippen LogP contribution in [0, 0.1) is 6.92 Å². The highest BCUT2D eigenvalue weighted by Gasteiger charge is 2.23. The van der Waals surface area contributed by atoms with Gasteiger partial charge < -0.3 is 19.3 Å². The van der Waals surface area contributed by atoms with E-state index in [1.54, 1.807) is 7.11 Å².